The van der Waals surface area contributed by atoms with Gasteiger partial charge in [-0.25, -0.2) is 0 Å². The zero-order valence-corrected chi connectivity index (χ0v) is 8.66. The largest absolute Gasteiger partial charge is 0.481 e. The third kappa shape index (κ3) is 6.62. The molecule has 0 aromatic heterocycles. The van der Waals surface area contributed by atoms with Crippen molar-refractivity contribution in [3.05, 3.63) is 11.6 Å². The molecule has 14 heavy (non-hydrogen) atoms. The fourth-order valence-corrected chi connectivity index (χ4v) is 1.11. The molecule has 0 bridgehead atoms. The molecule has 1 atom stereocenters. The van der Waals surface area contributed by atoms with Crippen LogP contribution in [0.25, 0.3) is 0 Å². The maximum Gasteiger partial charge on any atom is 0.306 e. The summed E-state index contributed by atoms with van der Waals surface area (Å²) in [6.45, 7) is 3.29. The van der Waals surface area contributed by atoms with Gasteiger partial charge in [0.05, 0.1) is 18.6 Å². The average molecular weight is 202 g/mol. The van der Waals surface area contributed by atoms with Crippen molar-refractivity contribution in [3.8, 4) is 0 Å². The minimum absolute atomic E-state index is 0.00106. The first-order valence-electron chi connectivity index (χ1n) is 4.58. The van der Waals surface area contributed by atoms with Crippen LogP contribution in [0.5, 0.6) is 0 Å². The third-order valence-electron chi connectivity index (χ3n) is 1.96. The average Bonchev–Trinajstić information content (AvgIpc) is 2.01. The predicted molar refractivity (Wildman–Crippen MR) is 53.0 cm³/mol. The van der Waals surface area contributed by atoms with Crippen LogP contribution in [0.3, 0.4) is 0 Å². The molecule has 0 aromatic carbocycles. The van der Waals surface area contributed by atoms with Gasteiger partial charge in [-0.3, -0.25) is 4.79 Å². The van der Waals surface area contributed by atoms with Gasteiger partial charge in [0, 0.05) is 0 Å². The van der Waals surface area contributed by atoms with Crippen molar-refractivity contribution >= 4 is 5.97 Å². The second-order valence-electron chi connectivity index (χ2n) is 3.81. The second kappa shape index (κ2) is 5.78. The molecule has 4 nitrogen and oxygen atoms in total. The molecule has 0 heterocycles. The molecule has 0 fully saturated rings. The SMILES string of the molecule is C/C(=C\CCC(C)(O)CC(=O)O)CO. The van der Waals surface area contributed by atoms with Crippen LogP contribution in [0.15, 0.2) is 11.6 Å². The summed E-state index contributed by atoms with van der Waals surface area (Å²) in [5, 5.41) is 26.8. The van der Waals surface area contributed by atoms with E-state index in [0.717, 1.165) is 5.57 Å². The summed E-state index contributed by atoms with van der Waals surface area (Å²) in [5.74, 6) is -1.00. The molecule has 82 valence electrons. The van der Waals surface area contributed by atoms with E-state index in [1.54, 1.807) is 13.0 Å². The summed E-state index contributed by atoms with van der Waals surface area (Å²) in [4.78, 5) is 10.4. The van der Waals surface area contributed by atoms with Crippen molar-refractivity contribution in [2.24, 2.45) is 0 Å². The lowest BCUT2D eigenvalue weighted by Gasteiger charge is -2.19. The molecule has 0 aliphatic carbocycles. The molecule has 0 radical (unpaired) electrons. The van der Waals surface area contributed by atoms with E-state index in [0.29, 0.717) is 12.8 Å². The Bertz CT molecular complexity index is 218. The Labute approximate surface area is 83.9 Å². The molecule has 0 spiro atoms. The van der Waals surface area contributed by atoms with Crippen molar-refractivity contribution in [2.45, 2.75) is 38.7 Å². The minimum Gasteiger partial charge on any atom is -0.481 e. The summed E-state index contributed by atoms with van der Waals surface area (Å²) >= 11 is 0. The van der Waals surface area contributed by atoms with E-state index in [9.17, 15) is 9.90 Å². The number of carboxylic acids is 1. The Hall–Kier alpha value is -0.870. The Balaban J connectivity index is 3.93. The van der Waals surface area contributed by atoms with E-state index >= 15 is 0 Å². The second-order valence-corrected chi connectivity index (χ2v) is 3.81. The number of rotatable bonds is 6. The fraction of sp³-hybridized carbons (Fsp3) is 0.700. The van der Waals surface area contributed by atoms with Gasteiger partial charge in [0.2, 0.25) is 0 Å². The predicted octanol–water partition coefficient (Wildman–Crippen LogP) is 0.931. The highest BCUT2D eigenvalue weighted by atomic mass is 16.4. The number of aliphatic hydroxyl groups is 2. The van der Waals surface area contributed by atoms with Crippen LogP contribution < -0.4 is 0 Å². The molecule has 0 saturated heterocycles. The Kier molecular flexibility index (Phi) is 5.42. The molecule has 1 unspecified atom stereocenters. The zero-order valence-electron chi connectivity index (χ0n) is 8.66. The van der Waals surface area contributed by atoms with Crippen LogP contribution in [0.2, 0.25) is 0 Å². The number of aliphatic carboxylic acids is 1. The number of carboxylic acid groups (broad SMARTS) is 1. The topological polar surface area (TPSA) is 77.8 Å². The number of aliphatic hydroxyl groups excluding tert-OH is 1. The normalized spacial score (nSPS) is 16.4. The van der Waals surface area contributed by atoms with Crippen molar-refractivity contribution in [1.29, 1.82) is 0 Å². The van der Waals surface area contributed by atoms with Crippen LogP contribution in [0, 0.1) is 0 Å². The van der Waals surface area contributed by atoms with Gasteiger partial charge in [-0.1, -0.05) is 11.6 Å². The Morgan fingerprint density at radius 1 is 1.50 bits per heavy atom. The molecule has 0 aliphatic rings. The smallest absolute Gasteiger partial charge is 0.306 e. The highest BCUT2D eigenvalue weighted by Gasteiger charge is 2.22. The molecule has 0 aromatic rings. The molecule has 0 amide bonds. The fourth-order valence-electron chi connectivity index (χ4n) is 1.11. The van der Waals surface area contributed by atoms with E-state index in [4.69, 9.17) is 10.2 Å². The minimum atomic E-state index is -1.17. The van der Waals surface area contributed by atoms with Gasteiger partial charge in [-0.2, -0.15) is 0 Å². The molecule has 0 aliphatic heterocycles. The first-order valence-corrected chi connectivity index (χ1v) is 4.58. The van der Waals surface area contributed by atoms with Gasteiger partial charge >= 0.3 is 5.97 Å². The van der Waals surface area contributed by atoms with Crippen LogP contribution in [-0.2, 0) is 4.79 Å². The third-order valence-corrected chi connectivity index (χ3v) is 1.96. The number of hydrogen-bond acceptors (Lipinski definition) is 3. The van der Waals surface area contributed by atoms with Gasteiger partial charge in [0.25, 0.3) is 0 Å². The monoisotopic (exact) mass is 202 g/mol. The van der Waals surface area contributed by atoms with Crippen LogP contribution in [-0.4, -0.2) is 33.5 Å². The van der Waals surface area contributed by atoms with E-state index in [-0.39, 0.29) is 13.0 Å². The van der Waals surface area contributed by atoms with Crippen LogP contribution in [0.1, 0.15) is 33.1 Å². The van der Waals surface area contributed by atoms with Crippen LogP contribution in [0.4, 0.5) is 0 Å². The summed E-state index contributed by atoms with van der Waals surface area (Å²) < 4.78 is 0. The number of allylic oxidation sites excluding steroid dienone is 1. The Morgan fingerprint density at radius 3 is 2.50 bits per heavy atom. The molecule has 0 rings (SSSR count). The van der Waals surface area contributed by atoms with Gasteiger partial charge in [0.1, 0.15) is 0 Å². The summed E-state index contributed by atoms with van der Waals surface area (Å²) in [6, 6.07) is 0. The van der Waals surface area contributed by atoms with Gasteiger partial charge in [-0.05, 0) is 26.7 Å². The zero-order chi connectivity index (χ0) is 11.2. The van der Waals surface area contributed by atoms with E-state index in [2.05, 4.69) is 0 Å². The highest BCUT2D eigenvalue weighted by molar-refractivity contribution is 5.67. The van der Waals surface area contributed by atoms with Crippen molar-refractivity contribution in [2.75, 3.05) is 6.61 Å². The Morgan fingerprint density at radius 2 is 2.07 bits per heavy atom. The van der Waals surface area contributed by atoms with Crippen molar-refractivity contribution < 1.29 is 20.1 Å². The first-order chi connectivity index (χ1) is 6.37. The highest BCUT2D eigenvalue weighted by Crippen LogP contribution is 2.17. The molecule has 0 saturated carbocycles. The lowest BCUT2D eigenvalue weighted by atomic mass is 9.96. The number of carbonyl (C=O) groups is 1. The van der Waals surface area contributed by atoms with Crippen molar-refractivity contribution in [1.82, 2.24) is 0 Å². The summed E-state index contributed by atoms with van der Waals surface area (Å²) in [7, 11) is 0. The lowest BCUT2D eigenvalue weighted by Crippen LogP contribution is -2.27. The van der Waals surface area contributed by atoms with Gasteiger partial charge in [-0.15, -0.1) is 0 Å². The molecular weight excluding hydrogens is 184 g/mol. The standard InChI is InChI=1S/C10H18O4/c1-8(7-11)4-3-5-10(2,14)6-9(12)13/h4,11,14H,3,5-7H2,1-2H3,(H,12,13)/b8-4+. The van der Waals surface area contributed by atoms with E-state index < -0.39 is 11.6 Å². The molecule has 3 N–H and O–H groups in total. The maximum atomic E-state index is 10.4. The van der Waals surface area contributed by atoms with E-state index in [1.165, 1.54) is 6.92 Å². The quantitative estimate of drug-likeness (QED) is 0.560. The maximum absolute atomic E-state index is 10.4. The summed E-state index contributed by atoms with van der Waals surface area (Å²) in [5.41, 5.74) is -0.339. The van der Waals surface area contributed by atoms with Crippen molar-refractivity contribution in [3.63, 3.8) is 0 Å². The van der Waals surface area contributed by atoms with Gasteiger partial charge < -0.3 is 15.3 Å². The summed E-state index contributed by atoms with van der Waals surface area (Å²) in [6.07, 6.45) is 2.51. The number of hydrogen-bond donors (Lipinski definition) is 3. The van der Waals surface area contributed by atoms with Crippen LogP contribution >= 0.6 is 0 Å². The van der Waals surface area contributed by atoms with E-state index in [1.807, 2.05) is 0 Å². The first kappa shape index (κ1) is 13.1. The molecular formula is C10H18O4. The van der Waals surface area contributed by atoms with Gasteiger partial charge in [0.15, 0.2) is 0 Å². The molecule has 4 heteroatoms. The lowest BCUT2D eigenvalue weighted by molar-refractivity contribution is -0.142.